The van der Waals surface area contributed by atoms with E-state index in [1.165, 1.54) is 0 Å². The number of aromatic nitrogens is 4. The summed E-state index contributed by atoms with van der Waals surface area (Å²) in [5.74, 6) is -0.0724. The summed E-state index contributed by atoms with van der Waals surface area (Å²) in [6.45, 7) is 4.49. The number of hydrogen-bond donors (Lipinski definition) is 2. The van der Waals surface area contributed by atoms with E-state index < -0.39 is 0 Å². The van der Waals surface area contributed by atoms with Crippen LogP contribution in [0.3, 0.4) is 0 Å². The van der Waals surface area contributed by atoms with Crippen molar-refractivity contribution in [2.45, 2.75) is 26.8 Å². The van der Waals surface area contributed by atoms with Crippen LogP contribution in [0.5, 0.6) is 0 Å². The smallest absolute Gasteiger partial charge is 0.229 e. The second-order valence-corrected chi connectivity index (χ2v) is 5.55. The van der Waals surface area contributed by atoms with Gasteiger partial charge in [-0.25, -0.2) is 0 Å². The normalized spacial score (nSPS) is 10.7. The Kier molecular flexibility index (Phi) is 4.23. The van der Waals surface area contributed by atoms with E-state index in [2.05, 4.69) is 20.6 Å². The third-order valence-electron chi connectivity index (χ3n) is 3.72. The van der Waals surface area contributed by atoms with E-state index in [0.29, 0.717) is 18.7 Å². The van der Waals surface area contributed by atoms with Crippen LogP contribution in [0.15, 0.2) is 42.7 Å². The predicted octanol–water partition coefficient (Wildman–Crippen LogP) is 2.45. The quantitative estimate of drug-likeness (QED) is 0.760. The second kappa shape index (κ2) is 6.48. The van der Waals surface area contributed by atoms with Crippen LogP contribution in [-0.2, 0) is 17.8 Å². The van der Waals surface area contributed by atoms with Crippen LogP contribution in [0.2, 0.25) is 0 Å². The Labute approximate surface area is 134 Å². The molecule has 0 unspecified atom stereocenters. The van der Waals surface area contributed by atoms with Crippen molar-refractivity contribution in [3.05, 3.63) is 65.2 Å². The van der Waals surface area contributed by atoms with Crippen molar-refractivity contribution in [1.29, 1.82) is 0 Å². The molecule has 0 bridgehead atoms. The molecule has 0 spiro atoms. The highest BCUT2D eigenvalue weighted by molar-refractivity contribution is 5.92. The molecule has 0 fully saturated rings. The van der Waals surface area contributed by atoms with Gasteiger partial charge in [0.2, 0.25) is 5.91 Å². The molecule has 0 saturated carbocycles. The predicted molar refractivity (Wildman–Crippen MR) is 88.2 cm³/mol. The maximum absolute atomic E-state index is 12.2. The summed E-state index contributed by atoms with van der Waals surface area (Å²) in [4.78, 5) is 12.2. The summed E-state index contributed by atoms with van der Waals surface area (Å²) < 4.78 is 1.80. The van der Waals surface area contributed by atoms with Crippen LogP contribution in [0.1, 0.15) is 22.5 Å². The minimum absolute atomic E-state index is 0.0724. The van der Waals surface area contributed by atoms with Crippen molar-refractivity contribution >= 4 is 11.6 Å². The molecule has 2 N–H and O–H groups in total. The molecule has 6 heteroatoms. The van der Waals surface area contributed by atoms with Crippen LogP contribution in [0.25, 0.3) is 0 Å². The summed E-state index contributed by atoms with van der Waals surface area (Å²) >= 11 is 0. The first-order chi connectivity index (χ1) is 11.1. The third kappa shape index (κ3) is 3.66. The highest BCUT2D eigenvalue weighted by Gasteiger charge is 2.12. The van der Waals surface area contributed by atoms with E-state index in [4.69, 9.17) is 0 Å². The Hall–Kier alpha value is -2.89. The zero-order valence-corrected chi connectivity index (χ0v) is 13.2. The van der Waals surface area contributed by atoms with Gasteiger partial charge in [0.25, 0.3) is 0 Å². The molecule has 0 saturated heterocycles. The SMILES string of the molecule is Cc1n[nH]c(C)c1CC(=O)Nc1cnn(Cc2ccccc2)c1. The van der Waals surface area contributed by atoms with Crippen molar-refractivity contribution < 1.29 is 4.79 Å². The molecule has 0 atom stereocenters. The van der Waals surface area contributed by atoms with Crippen molar-refractivity contribution in [3.63, 3.8) is 0 Å². The lowest BCUT2D eigenvalue weighted by Gasteiger charge is -2.03. The van der Waals surface area contributed by atoms with Gasteiger partial charge in [-0.3, -0.25) is 14.6 Å². The first-order valence-corrected chi connectivity index (χ1v) is 7.48. The number of hydrogen-bond acceptors (Lipinski definition) is 3. The van der Waals surface area contributed by atoms with Crippen molar-refractivity contribution in [1.82, 2.24) is 20.0 Å². The number of nitrogens with zero attached hydrogens (tertiary/aromatic N) is 3. The molecular formula is C17H19N5O. The van der Waals surface area contributed by atoms with Crippen LogP contribution < -0.4 is 5.32 Å². The van der Waals surface area contributed by atoms with Crippen LogP contribution in [-0.4, -0.2) is 25.9 Å². The molecule has 3 rings (SSSR count). The second-order valence-electron chi connectivity index (χ2n) is 5.55. The van der Waals surface area contributed by atoms with Crippen molar-refractivity contribution in [3.8, 4) is 0 Å². The lowest BCUT2D eigenvalue weighted by Crippen LogP contribution is -2.14. The first kappa shape index (κ1) is 15.0. The third-order valence-corrected chi connectivity index (χ3v) is 3.72. The Morgan fingerprint density at radius 2 is 2.04 bits per heavy atom. The van der Waals surface area contributed by atoms with E-state index in [1.807, 2.05) is 50.4 Å². The molecule has 0 aliphatic heterocycles. The van der Waals surface area contributed by atoms with Crippen molar-refractivity contribution in [2.75, 3.05) is 5.32 Å². The fourth-order valence-corrected chi connectivity index (χ4v) is 2.49. The lowest BCUT2D eigenvalue weighted by molar-refractivity contribution is -0.115. The number of carbonyl (C=O) groups excluding carboxylic acids is 1. The van der Waals surface area contributed by atoms with E-state index in [1.54, 1.807) is 10.9 Å². The zero-order valence-electron chi connectivity index (χ0n) is 13.2. The Morgan fingerprint density at radius 1 is 1.26 bits per heavy atom. The number of aromatic amines is 1. The van der Waals surface area contributed by atoms with Gasteiger partial charge in [-0.1, -0.05) is 30.3 Å². The van der Waals surface area contributed by atoms with Gasteiger partial charge < -0.3 is 5.32 Å². The number of nitrogens with one attached hydrogen (secondary N) is 2. The molecule has 1 amide bonds. The molecule has 0 aliphatic carbocycles. The number of carbonyl (C=O) groups is 1. The van der Waals surface area contributed by atoms with Gasteiger partial charge in [-0.05, 0) is 19.4 Å². The number of benzene rings is 1. The molecule has 2 heterocycles. The zero-order chi connectivity index (χ0) is 16.2. The van der Waals surface area contributed by atoms with E-state index in [-0.39, 0.29) is 5.91 Å². The van der Waals surface area contributed by atoms with Gasteiger partial charge in [0.15, 0.2) is 0 Å². The summed E-state index contributed by atoms with van der Waals surface area (Å²) in [6.07, 6.45) is 3.80. The fraction of sp³-hybridized carbons (Fsp3) is 0.235. The molecule has 118 valence electrons. The standard InChI is InChI=1S/C17H19N5O/c1-12-16(13(2)21-20-12)8-17(23)19-15-9-18-22(11-15)10-14-6-4-3-5-7-14/h3-7,9,11H,8,10H2,1-2H3,(H,19,23)(H,20,21). The maximum Gasteiger partial charge on any atom is 0.229 e. The number of anilines is 1. The summed E-state index contributed by atoms with van der Waals surface area (Å²) in [7, 11) is 0. The molecule has 2 aromatic heterocycles. The Bertz CT molecular complexity index is 784. The number of aryl methyl sites for hydroxylation is 2. The fourth-order valence-electron chi connectivity index (χ4n) is 2.49. The van der Waals surface area contributed by atoms with E-state index >= 15 is 0 Å². The van der Waals surface area contributed by atoms with E-state index in [9.17, 15) is 4.79 Å². The van der Waals surface area contributed by atoms with Gasteiger partial charge in [0.1, 0.15) is 0 Å². The first-order valence-electron chi connectivity index (χ1n) is 7.48. The Balaban J connectivity index is 1.61. The average molecular weight is 309 g/mol. The molecular weight excluding hydrogens is 290 g/mol. The molecule has 6 nitrogen and oxygen atoms in total. The summed E-state index contributed by atoms with van der Waals surface area (Å²) in [6, 6.07) is 10.1. The summed E-state index contributed by atoms with van der Waals surface area (Å²) in [5, 5.41) is 14.2. The molecule has 0 aliphatic rings. The van der Waals surface area contributed by atoms with Gasteiger partial charge in [-0.15, -0.1) is 0 Å². The number of rotatable bonds is 5. The van der Waals surface area contributed by atoms with E-state index in [0.717, 1.165) is 22.5 Å². The minimum atomic E-state index is -0.0724. The molecule has 3 aromatic rings. The van der Waals surface area contributed by atoms with Crippen LogP contribution in [0, 0.1) is 13.8 Å². The number of amides is 1. The summed E-state index contributed by atoms with van der Waals surface area (Å²) in [5.41, 5.74) is 4.59. The van der Waals surface area contributed by atoms with Crippen LogP contribution in [0.4, 0.5) is 5.69 Å². The highest BCUT2D eigenvalue weighted by Crippen LogP contribution is 2.12. The van der Waals surface area contributed by atoms with Gasteiger partial charge in [0.05, 0.1) is 30.5 Å². The minimum Gasteiger partial charge on any atom is -0.323 e. The Morgan fingerprint density at radius 3 is 2.74 bits per heavy atom. The molecule has 0 radical (unpaired) electrons. The monoisotopic (exact) mass is 309 g/mol. The largest absolute Gasteiger partial charge is 0.323 e. The maximum atomic E-state index is 12.2. The van der Waals surface area contributed by atoms with Gasteiger partial charge >= 0.3 is 0 Å². The van der Waals surface area contributed by atoms with Crippen LogP contribution >= 0.6 is 0 Å². The average Bonchev–Trinajstić information content (AvgIpc) is 3.09. The van der Waals surface area contributed by atoms with Crippen molar-refractivity contribution in [2.24, 2.45) is 0 Å². The number of H-pyrrole nitrogens is 1. The topological polar surface area (TPSA) is 75.6 Å². The highest BCUT2D eigenvalue weighted by atomic mass is 16.1. The van der Waals surface area contributed by atoms with Gasteiger partial charge in [-0.2, -0.15) is 10.2 Å². The van der Waals surface area contributed by atoms with Gasteiger partial charge in [0, 0.05) is 17.5 Å². The lowest BCUT2D eigenvalue weighted by atomic mass is 10.1. The molecule has 1 aromatic carbocycles. The molecule has 23 heavy (non-hydrogen) atoms.